The van der Waals surface area contributed by atoms with Crippen molar-refractivity contribution in [1.29, 1.82) is 0 Å². The maximum absolute atomic E-state index is 13.3. The topological polar surface area (TPSA) is 58.1 Å². The molecule has 1 fully saturated rings. The van der Waals surface area contributed by atoms with Crippen LogP contribution >= 0.6 is 34.9 Å². The standard InChI is InChI=1S/C25H24N4OS3/c1-31-25-27-22(29-14-8-3-9-15-29)18-16-21(33-24(18)28-25)23(30)26-19-12-6-7-13-20(19)32-17-10-4-2-5-11-17/h2,4-7,10-13,16H,3,8-9,14-15H2,1H3,(H,26,30). The normalized spacial score (nSPS) is 13.9. The van der Waals surface area contributed by atoms with E-state index in [4.69, 9.17) is 9.97 Å². The molecular weight excluding hydrogens is 469 g/mol. The highest BCUT2D eigenvalue weighted by Gasteiger charge is 2.21. The molecule has 0 radical (unpaired) electrons. The Morgan fingerprint density at radius 2 is 1.76 bits per heavy atom. The summed E-state index contributed by atoms with van der Waals surface area (Å²) in [5, 5.41) is 4.84. The van der Waals surface area contributed by atoms with Crippen molar-refractivity contribution in [2.45, 2.75) is 34.2 Å². The van der Waals surface area contributed by atoms with Crippen molar-refractivity contribution in [2.75, 3.05) is 29.6 Å². The van der Waals surface area contributed by atoms with Crippen LogP contribution in [-0.4, -0.2) is 35.2 Å². The number of carbonyl (C=O) groups excluding carboxylic acids is 1. The highest BCUT2D eigenvalue weighted by molar-refractivity contribution is 7.99. The van der Waals surface area contributed by atoms with Gasteiger partial charge in [-0.05, 0) is 55.9 Å². The molecule has 2 aromatic carbocycles. The minimum Gasteiger partial charge on any atom is -0.356 e. The number of benzene rings is 2. The van der Waals surface area contributed by atoms with E-state index in [0.717, 1.165) is 49.8 Å². The second-order valence-electron chi connectivity index (χ2n) is 7.78. The van der Waals surface area contributed by atoms with E-state index >= 15 is 0 Å². The fourth-order valence-electron chi connectivity index (χ4n) is 3.90. The van der Waals surface area contributed by atoms with Gasteiger partial charge < -0.3 is 10.2 Å². The Balaban J connectivity index is 1.44. The molecule has 5 nitrogen and oxygen atoms in total. The van der Waals surface area contributed by atoms with Gasteiger partial charge in [0.25, 0.3) is 5.91 Å². The number of thioether (sulfide) groups is 1. The second-order valence-corrected chi connectivity index (χ2v) is 10.7. The minimum atomic E-state index is -0.116. The summed E-state index contributed by atoms with van der Waals surface area (Å²) in [6, 6.07) is 20.0. The average molecular weight is 493 g/mol. The third-order valence-electron chi connectivity index (χ3n) is 5.52. The van der Waals surface area contributed by atoms with Crippen LogP contribution in [0.2, 0.25) is 0 Å². The quantitative estimate of drug-likeness (QED) is 0.236. The first-order valence-electron chi connectivity index (χ1n) is 10.9. The van der Waals surface area contributed by atoms with Crippen LogP contribution in [0.25, 0.3) is 10.2 Å². The molecule has 1 saturated heterocycles. The van der Waals surface area contributed by atoms with E-state index in [1.54, 1.807) is 11.8 Å². The molecule has 168 valence electrons. The zero-order valence-corrected chi connectivity index (χ0v) is 20.7. The van der Waals surface area contributed by atoms with Crippen molar-refractivity contribution in [1.82, 2.24) is 9.97 Å². The van der Waals surface area contributed by atoms with E-state index < -0.39 is 0 Å². The summed E-state index contributed by atoms with van der Waals surface area (Å²) in [4.78, 5) is 28.8. The molecule has 0 unspecified atom stereocenters. The van der Waals surface area contributed by atoms with E-state index in [1.807, 2.05) is 54.8 Å². The van der Waals surface area contributed by atoms with Gasteiger partial charge in [0, 0.05) is 22.9 Å². The lowest BCUT2D eigenvalue weighted by Gasteiger charge is -2.28. The second kappa shape index (κ2) is 10.2. The van der Waals surface area contributed by atoms with Gasteiger partial charge >= 0.3 is 0 Å². The summed E-state index contributed by atoms with van der Waals surface area (Å²) in [6.07, 6.45) is 5.60. The number of fused-ring (bicyclic) bond motifs is 1. The lowest BCUT2D eigenvalue weighted by Crippen LogP contribution is -2.30. The van der Waals surface area contributed by atoms with Crippen molar-refractivity contribution in [3.05, 3.63) is 65.5 Å². The first-order chi connectivity index (χ1) is 16.2. The number of anilines is 2. The van der Waals surface area contributed by atoms with Crippen molar-refractivity contribution in [3.8, 4) is 0 Å². The molecular formula is C25H24N4OS3. The van der Waals surface area contributed by atoms with Crippen LogP contribution < -0.4 is 10.2 Å². The summed E-state index contributed by atoms with van der Waals surface area (Å²) in [5.41, 5.74) is 0.806. The predicted octanol–water partition coefficient (Wildman–Crippen LogP) is 6.81. The molecule has 3 heterocycles. The molecule has 33 heavy (non-hydrogen) atoms. The number of rotatable bonds is 6. The third-order valence-corrected chi connectivity index (χ3v) is 8.18. The SMILES string of the molecule is CSc1nc(N2CCCCC2)c2cc(C(=O)Nc3ccccc3Sc3ccccc3)sc2n1. The number of carbonyl (C=O) groups is 1. The molecule has 4 aromatic rings. The van der Waals surface area contributed by atoms with Crippen LogP contribution in [0.15, 0.2) is 75.6 Å². The number of hydrogen-bond donors (Lipinski definition) is 1. The average Bonchev–Trinajstić information content (AvgIpc) is 3.30. The highest BCUT2D eigenvalue weighted by Crippen LogP contribution is 2.36. The minimum absolute atomic E-state index is 0.116. The van der Waals surface area contributed by atoms with Crippen molar-refractivity contribution in [2.24, 2.45) is 0 Å². The number of thiophene rings is 1. The largest absolute Gasteiger partial charge is 0.356 e. The van der Waals surface area contributed by atoms with Gasteiger partial charge in [-0.1, -0.05) is 53.9 Å². The molecule has 0 spiro atoms. The van der Waals surface area contributed by atoms with Gasteiger partial charge in [-0.15, -0.1) is 11.3 Å². The van der Waals surface area contributed by atoms with Gasteiger partial charge in [0.05, 0.1) is 16.0 Å². The number of nitrogens with one attached hydrogen (secondary N) is 1. The summed E-state index contributed by atoms with van der Waals surface area (Å²) >= 11 is 4.61. The van der Waals surface area contributed by atoms with Gasteiger partial charge in [0.1, 0.15) is 10.6 Å². The van der Waals surface area contributed by atoms with E-state index in [9.17, 15) is 4.79 Å². The van der Waals surface area contributed by atoms with Gasteiger partial charge in [0.2, 0.25) is 0 Å². The van der Waals surface area contributed by atoms with Crippen LogP contribution in [-0.2, 0) is 0 Å². The van der Waals surface area contributed by atoms with E-state index in [0.29, 0.717) is 4.88 Å². The monoisotopic (exact) mass is 492 g/mol. The number of amides is 1. The number of piperidine rings is 1. The van der Waals surface area contributed by atoms with Gasteiger partial charge in [-0.2, -0.15) is 0 Å². The van der Waals surface area contributed by atoms with Crippen molar-refractivity contribution < 1.29 is 4.79 Å². The molecule has 0 aliphatic carbocycles. The van der Waals surface area contributed by atoms with Crippen LogP contribution in [0, 0.1) is 0 Å². The molecule has 1 amide bonds. The Morgan fingerprint density at radius 1 is 1.00 bits per heavy atom. The summed E-state index contributed by atoms with van der Waals surface area (Å²) < 4.78 is 0. The maximum atomic E-state index is 13.3. The smallest absolute Gasteiger partial charge is 0.265 e. The maximum Gasteiger partial charge on any atom is 0.265 e. The molecule has 5 rings (SSSR count). The van der Waals surface area contributed by atoms with Crippen LogP contribution in [0.3, 0.4) is 0 Å². The van der Waals surface area contributed by atoms with Crippen LogP contribution in [0.5, 0.6) is 0 Å². The molecule has 0 bridgehead atoms. The summed E-state index contributed by atoms with van der Waals surface area (Å²) in [6.45, 7) is 2.00. The Kier molecular flexibility index (Phi) is 6.85. The predicted molar refractivity (Wildman–Crippen MR) is 140 cm³/mol. The first-order valence-corrected chi connectivity index (χ1v) is 13.8. The molecule has 8 heteroatoms. The Labute approximate surface area is 206 Å². The molecule has 1 aliphatic rings. The Hall–Kier alpha value is -2.55. The van der Waals surface area contributed by atoms with Gasteiger partial charge in [-0.3, -0.25) is 4.79 Å². The Bertz CT molecular complexity index is 1270. The van der Waals surface area contributed by atoms with Crippen molar-refractivity contribution >= 4 is 62.5 Å². The zero-order chi connectivity index (χ0) is 22.6. The van der Waals surface area contributed by atoms with Crippen LogP contribution in [0.1, 0.15) is 28.9 Å². The van der Waals surface area contributed by atoms with Gasteiger partial charge in [0.15, 0.2) is 5.16 Å². The molecule has 0 saturated carbocycles. The summed E-state index contributed by atoms with van der Waals surface area (Å²) in [7, 11) is 0. The van der Waals surface area contributed by atoms with E-state index in [1.165, 1.54) is 42.4 Å². The van der Waals surface area contributed by atoms with Crippen molar-refractivity contribution in [3.63, 3.8) is 0 Å². The fraction of sp³-hybridized carbons (Fsp3) is 0.240. The van der Waals surface area contributed by atoms with Gasteiger partial charge in [-0.25, -0.2) is 9.97 Å². The third kappa shape index (κ3) is 5.03. The number of hydrogen-bond acceptors (Lipinski definition) is 7. The molecule has 1 N–H and O–H groups in total. The number of para-hydroxylation sites is 1. The van der Waals surface area contributed by atoms with E-state index in [-0.39, 0.29) is 5.91 Å². The first kappa shape index (κ1) is 22.3. The number of nitrogens with zero attached hydrogens (tertiary/aromatic N) is 3. The lowest BCUT2D eigenvalue weighted by molar-refractivity contribution is 0.103. The highest BCUT2D eigenvalue weighted by atomic mass is 32.2. The number of aromatic nitrogens is 2. The fourth-order valence-corrected chi connectivity index (χ4v) is 6.16. The summed E-state index contributed by atoms with van der Waals surface area (Å²) in [5.74, 6) is 0.841. The van der Waals surface area contributed by atoms with Crippen LogP contribution in [0.4, 0.5) is 11.5 Å². The molecule has 2 aromatic heterocycles. The zero-order valence-electron chi connectivity index (χ0n) is 18.3. The van der Waals surface area contributed by atoms with E-state index in [2.05, 4.69) is 22.3 Å². The lowest BCUT2D eigenvalue weighted by atomic mass is 10.1. The Morgan fingerprint density at radius 3 is 2.55 bits per heavy atom. The molecule has 0 atom stereocenters. The molecule has 1 aliphatic heterocycles.